The second-order valence-corrected chi connectivity index (χ2v) is 6.38. The van der Waals surface area contributed by atoms with Gasteiger partial charge in [0.05, 0.1) is 0 Å². The van der Waals surface area contributed by atoms with E-state index in [2.05, 4.69) is 15.0 Å². The number of sulfonamides is 1. The average Bonchev–Trinajstić information content (AvgIpc) is 2.25. The van der Waals surface area contributed by atoms with Crippen LogP contribution in [0.3, 0.4) is 0 Å². The van der Waals surface area contributed by atoms with E-state index in [1.807, 2.05) is 0 Å². The Morgan fingerprint density at radius 3 is 2.63 bits per heavy atom. The highest BCUT2D eigenvalue weighted by atomic mass is 32.2. The van der Waals surface area contributed by atoms with Crippen LogP contribution >= 0.6 is 0 Å². The molecule has 0 radical (unpaired) electrons. The summed E-state index contributed by atoms with van der Waals surface area (Å²) in [6, 6.07) is 2.96. The first kappa shape index (κ1) is 15.4. The van der Waals surface area contributed by atoms with Crippen LogP contribution in [-0.2, 0) is 14.8 Å². The van der Waals surface area contributed by atoms with Gasteiger partial charge in [0.25, 0.3) is 0 Å². The molecule has 0 aliphatic carbocycles. The van der Waals surface area contributed by atoms with Gasteiger partial charge in [-0.2, -0.15) is 0 Å². The van der Waals surface area contributed by atoms with E-state index in [4.69, 9.17) is 5.73 Å². The minimum Gasteiger partial charge on any atom is -0.372 e. The molecule has 1 amide bonds. The predicted octanol–water partition coefficient (Wildman–Crippen LogP) is 0.0556. The Hall–Kier alpha value is -1.67. The third-order valence-electron chi connectivity index (χ3n) is 2.32. The fraction of sp³-hybridized carbons (Fsp3) is 0.455. The maximum absolute atomic E-state index is 12.3. The summed E-state index contributed by atoms with van der Waals surface area (Å²) in [4.78, 5) is 14.9. The number of nitrogens with two attached hydrogens (primary N) is 1. The van der Waals surface area contributed by atoms with E-state index in [1.165, 1.54) is 18.3 Å². The predicted molar refractivity (Wildman–Crippen MR) is 72.0 cm³/mol. The highest BCUT2D eigenvalue weighted by Crippen LogP contribution is 2.20. The number of aromatic nitrogens is 1. The Morgan fingerprint density at radius 2 is 2.11 bits per heavy atom. The van der Waals surface area contributed by atoms with E-state index in [1.54, 1.807) is 20.9 Å². The summed E-state index contributed by atoms with van der Waals surface area (Å²) in [5.41, 5.74) is 4.13. The molecule has 0 spiro atoms. The molecule has 0 aromatic carbocycles. The molecule has 0 saturated heterocycles. The number of nitrogens with zero attached hydrogens (tertiary/aromatic N) is 1. The molecule has 7 nitrogen and oxygen atoms in total. The smallest absolute Gasteiger partial charge is 0.244 e. The van der Waals surface area contributed by atoms with Gasteiger partial charge in [-0.05, 0) is 26.0 Å². The average molecular weight is 286 g/mol. The maximum Gasteiger partial charge on any atom is 0.244 e. The molecule has 19 heavy (non-hydrogen) atoms. The van der Waals surface area contributed by atoms with Crippen molar-refractivity contribution < 1.29 is 13.2 Å². The molecular weight excluding hydrogens is 268 g/mol. The summed E-state index contributed by atoms with van der Waals surface area (Å²) in [7, 11) is -2.21. The van der Waals surface area contributed by atoms with Gasteiger partial charge in [0.15, 0.2) is 0 Å². The van der Waals surface area contributed by atoms with Gasteiger partial charge >= 0.3 is 0 Å². The summed E-state index contributed by atoms with van der Waals surface area (Å²) >= 11 is 0. The van der Waals surface area contributed by atoms with Crippen LogP contribution in [0, 0.1) is 0 Å². The van der Waals surface area contributed by atoms with Crippen molar-refractivity contribution in [3.63, 3.8) is 0 Å². The van der Waals surface area contributed by atoms with Gasteiger partial charge in [-0.25, -0.2) is 18.1 Å². The number of hydrogen-bond donors (Lipinski definition) is 3. The van der Waals surface area contributed by atoms with Crippen LogP contribution in [0.1, 0.15) is 20.3 Å². The van der Waals surface area contributed by atoms with Crippen molar-refractivity contribution in [2.45, 2.75) is 30.7 Å². The minimum atomic E-state index is -3.79. The van der Waals surface area contributed by atoms with Crippen LogP contribution in [-0.4, -0.2) is 31.9 Å². The second-order valence-electron chi connectivity index (χ2n) is 4.73. The van der Waals surface area contributed by atoms with Crippen LogP contribution in [0.4, 0.5) is 5.82 Å². The Bertz CT molecular complexity index is 569. The number of pyridine rings is 1. The van der Waals surface area contributed by atoms with E-state index in [-0.39, 0.29) is 17.1 Å². The van der Waals surface area contributed by atoms with Crippen LogP contribution in [0.25, 0.3) is 0 Å². The van der Waals surface area contributed by atoms with Gasteiger partial charge in [0, 0.05) is 25.2 Å². The highest BCUT2D eigenvalue weighted by Gasteiger charge is 2.29. The summed E-state index contributed by atoms with van der Waals surface area (Å²) in [6.45, 7) is 3.18. The molecule has 8 heteroatoms. The first-order valence-corrected chi connectivity index (χ1v) is 7.11. The molecule has 1 aromatic heterocycles. The third-order valence-corrected chi connectivity index (χ3v) is 4.05. The number of amides is 1. The van der Waals surface area contributed by atoms with Gasteiger partial charge in [-0.15, -0.1) is 0 Å². The van der Waals surface area contributed by atoms with Crippen molar-refractivity contribution in [2.75, 3.05) is 12.4 Å². The molecule has 1 rings (SSSR count). The lowest BCUT2D eigenvalue weighted by atomic mass is 10.0. The minimum absolute atomic E-state index is 0.0232. The van der Waals surface area contributed by atoms with Crippen molar-refractivity contribution in [1.29, 1.82) is 0 Å². The first-order chi connectivity index (χ1) is 8.68. The van der Waals surface area contributed by atoms with Crippen LogP contribution in [0.2, 0.25) is 0 Å². The number of carbonyl (C=O) groups excluding carboxylic acids is 1. The third kappa shape index (κ3) is 4.18. The summed E-state index contributed by atoms with van der Waals surface area (Å²) in [5, 5.41) is 2.71. The van der Waals surface area contributed by atoms with Crippen molar-refractivity contribution >= 4 is 21.7 Å². The lowest BCUT2D eigenvalue weighted by Gasteiger charge is -2.24. The van der Waals surface area contributed by atoms with Crippen LogP contribution in [0.5, 0.6) is 0 Å². The maximum atomic E-state index is 12.3. The molecule has 0 unspecified atom stereocenters. The van der Waals surface area contributed by atoms with Crippen molar-refractivity contribution in [3.05, 3.63) is 18.3 Å². The van der Waals surface area contributed by atoms with E-state index in [9.17, 15) is 13.2 Å². The van der Waals surface area contributed by atoms with Crippen molar-refractivity contribution in [1.82, 2.24) is 9.71 Å². The SMILES string of the molecule is CNc1ncccc1S(=O)(=O)NC(C)(C)CC(N)=O. The number of anilines is 1. The number of nitrogens with one attached hydrogen (secondary N) is 2. The van der Waals surface area contributed by atoms with E-state index in [0.29, 0.717) is 0 Å². The number of rotatable bonds is 6. The molecule has 0 aliphatic heterocycles. The lowest BCUT2D eigenvalue weighted by molar-refractivity contribution is -0.119. The zero-order valence-corrected chi connectivity index (χ0v) is 11.9. The van der Waals surface area contributed by atoms with Gasteiger partial charge in [-0.3, -0.25) is 4.79 Å². The Kier molecular flexibility index (Phi) is 4.48. The Balaban J connectivity index is 3.08. The first-order valence-electron chi connectivity index (χ1n) is 5.63. The van der Waals surface area contributed by atoms with Gasteiger partial charge < -0.3 is 11.1 Å². The zero-order valence-electron chi connectivity index (χ0n) is 11.1. The van der Waals surface area contributed by atoms with Crippen molar-refractivity contribution in [3.8, 4) is 0 Å². The van der Waals surface area contributed by atoms with Gasteiger partial charge in [0.2, 0.25) is 15.9 Å². The number of primary amides is 1. The normalized spacial score (nSPS) is 12.2. The van der Waals surface area contributed by atoms with E-state index < -0.39 is 21.5 Å². The fourth-order valence-electron chi connectivity index (χ4n) is 1.69. The van der Waals surface area contributed by atoms with Gasteiger partial charge in [0.1, 0.15) is 10.7 Å². The quantitative estimate of drug-likeness (QED) is 0.684. The number of hydrogen-bond acceptors (Lipinski definition) is 5. The van der Waals surface area contributed by atoms with Crippen molar-refractivity contribution in [2.24, 2.45) is 5.73 Å². The topological polar surface area (TPSA) is 114 Å². The molecule has 1 heterocycles. The largest absolute Gasteiger partial charge is 0.372 e. The highest BCUT2D eigenvalue weighted by molar-refractivity contribution is 7.89. The number of carbonyl (C=O) groups is 1. The van der Waals surface area contributed by atoms with Crippen LogP contribution < -0.4 is 15.8 Å². The standard InChI is InChI=1S/C11H18N4O3S/c1-11(2,7-9(12)16)15-19(17,18)8-5-4-6-14-10(8)13-3/h4-6,15H,7H2,1-3H3,(H2,12,16)(H,13,14). The van der Waals surface area contributed by atoms with E-state index in [0.717, 1.165) is 0 Å². The second kappa shape index (κ2) is 5.54. The molecule has 0 fully saturated rings. The fourth-order valence-corrected chi connectivity index (χ4v) is 3.26. The Labute approximate surface area is 112 Å². The zero-order chi connectivity index (χ0) is 14.7. The summed E-state index contributed by atoms with van der Waals surface area (Å²) < 4.78 is 27.0. The monoisotopic (exact) mass is 286 g/mol. The molecule has 0 saturated carbocycles. The molecule has 0 bridgehead atoms. The molecule has 4 N–H and O–H groups in total. The Morgan fingerprint density at radius 1 is 1.47 bits per heavy atom. The molecule has 106 valence electrons. The summed E-state index contributed by atoms with van der Waals surface area (Å²) in [6.07, 6.45) is 1.39. The molecule has 1 aromatic rings. The van der Waals surface area contributed by atoms with Gasteiger partial charge in [-0.1, -0.05) is 0 Å². The summed E-state index contributed by atoms with van der Waals surface area (Å²) in [5.74, 6) is -0.336. The van der Waals surface area contributed by atoms with E-state index >= 15 is 0 Å². The van der Waals surface area contributed by atoms with Crippen LogP contribution in [0.15, 0.2) is 23.2 Å². The lowest BCUT2D eigenvalue weighted by Crippen LogP contribution is -2.46. The molecule has 0 atom stereocenters. The molecule has 0 aliphatic rings. The molecular formula is C11H18N4O3S.